The Labute approximate surface area is 196 Å². The fourth-order valence-electron chi connectivity index (χ4n) is 3.04. The van der Waals surface area contributed by atoms with Crippen molar-refractivity contribution in [2.24, 2.45) is 5.73 Å². The number of amides is 3. The topological polar surface area (TPSA) is 188 Å². The van der Waals surface area contributed by atoms with Gasteiger partial charge in [0, 0.05) is 5.56 Å². The number of hydrogen-bond donors (Lipinski definition) is 6. The fraction of sp³-hybridized carbons (Fsp3) is 0.250. The van der Waals surface area contributed by atoms with Crippen molar-refractivity contribution in [1.82, 2.24) is 0 Å². The summed E-state index contributed by atoms with van der Waals surface area (Å²) < 4.78 is 0. The summed E-state index contributed by atoms with van der Waals surface area (Å²) in [4.78, 5) is 39.0. The van der Waals surface area contributed by atoms with E-state index in [1.54, 1.807) is 0 Å². The zero-order chi connectivity index (χ0) is 24.6. The second-order valence-electron chi connectivity index (χ2n) is 6.10. The highest BCUT2D eigenvalue weighted by atomic mass is 35.5. The lowest BCUT2D eigenvalue weighted by atomic mass is 9.99. The molecule has 0 aliphatic carbocycles. The molecule has 13 heteroatoms. The highest BCUT2D eigenvalue weighted by Gasteiger charge is 2.35. The van der Waals surface area contributed by atoms with Crippen molar-refractivity contribution in [2.45, 2.75) is 6.42 Å². The van der Waals surface area contributed by atoms with Gasteiger partial charge in [-0.1, -0.05) is 19.7 Å². The van der Waals surface area contributed by atoms with Gasteiger partial charge in [0.15, 0.2) is 11.5 Å². The molecule has 0 aliphatic rings. The van der Waals surface area contributed by atoms with Crippen LogP contribution in [0.25, 0.3) is 0 Å². The lowest BCUT2D eigenvalue weighted by Crippen LogP contribution is -2.38. The summed E-state index contributed by atoms with van der Waals surface area (Å²) in [7, 11) is 0. The molecule has 0 heterocycles. The summed E-state index contributed by atoms with van der Waals surface area (Å²) in [6, 6.07) is 0. The van der Waals surface area contributed by atoms with Crippen LogP contribution in [0.4, 0.5) is 17.1 Å². The minimum absolute atomic E-state index is 0. The molecule has 182 valence electrons. The predicted octanol–water partition coefficient (Wildman–Crippen LogP) is -0.573. The first-order valence-corrected chi connectivity index (χ1v) is 9.15. The number of carbonyl (C=O) groups excluding carboxylic acids is 3. The van der Waals surface area contributed by atoms with Crippen molar-refractivity contribution in [3.05, 3.63) is 43.5 Å². The van der Waals surface area contributed by atoms with E-state index in [-0.39, 0.29) is 36.6 Å². The molecule has 0 aromatic heterocycles. The number of nitrogens with zero attached hydrogens (tertiary/aromatic N) is 3. The highest BCUT2D eigenvalue weighted by molar-refractivity contribution is 6.13. The third-order valence-electron chi connectivity index (χ3n) is 4.42. The molecule has 0 bridgehead atoms. The van der Waals surface area contributed by atoms with Crippen LogP contribution < -0.4 is 20.4 Å². The largest absolute Gasteiger partial charge is 0.503 e. The molecule has 33 heavy (non-hydrogen) atoms. The monoisotopic (exact) mass is 486 g/mol. The maximum Gasteiger partial charge on any atom is 0.252 e. The fourth-order valence-corrected chi connectivity index (χ4v) is 3.04. The van der Waals surface area contributed by atoms with E-state index in [0.717, 1.165) is 18.2 Å². The molecular weight excluding hydrogens is 460 g/mol. The van der Waals surface area contributed by atoms with Crippen LogP contribution in [0.3, 0.4) is 0 Å². The maximum absolute atomic E-state index is 12.5. The molecule has 0 saturated heterocycles. The highest BCUT2D eigenvalue weighted by Crippen LogP contribution is 2.53. The molecule has 0 spiro atoms. The summed E-state index contributed by atoms with van der Waals surface area (Å²) in [5.41, 5.74) is 4.17. The molecule has 1 aromatic rings. The Kier molecular flexibility index (Phi) is 11.8. The Morgan fingerprint density at radius 2 is 1.06 bits per heavy atom. The van der Waals surface area contributed by atoms with Crippen molar-refractivity contribution in [1.29, 1.82) is 0 Å². The van der Waals surface area contributed by atoms with Crippen LogP contribution >= 0.6 is 12.4 Å². The Hall–Kier alpha value is -3.42. The molecule has 0 fully saturated rings. The number of halogens is 1. The first-order valence-electron chi connectivity index (χ1n) is 9.15. The third kappa shape index (κ3) is 5.69. The van der Waals surface area contributed by atoms with E-state index in [9.17, 15) is 39.9 Å². The SMILES string of the molecule is C=CC(=O)N(CO)c1c(O)c(O)c(N(CO)C(=O)C=C)c(N(CO)C(=O)C=C)c1CCN.Cl. The molecule has 1 aromatic carbocycles. The zero-order valence-electron chi connectivity index (χ0n) is 17.7. The van der Waals surface area contributed by atoms with Gasteiger partial charge in [-0.05, 0) is 31.2 Å². The van der Waals surface area contributed by atoms with E-state index < -0.39 is 60.8 Å². The normalized spacial score (nSPS) is 9.94. The number of nitrogens with two attached hydrogens (primary N) is 1. The van der Waals surface area contributed by atoms with Crippen LogP contribution in [0.15, 0.2) is 38.0 Å². The van der Waals surface area contributed by atoms with Crippen molar-refractivity contribution in [3.8, 4) is 11.5 Å². The number of hydrogen-bond acceptors (Lipinski definition) is 9. The molecular formula is C20H27ClN4O8. The van der Waals surface area contributed by atoms with Crippen LogP contribution in [0.1, 0.15) is 5.56 Å². The van der Waals surface area contributed by atoms with Gasteiger partial charge in [-0.25, -0.2) is 0 Å². The lowest BCUT2D eigenvalue weighted by Gasteiger charge is -2.33. The molecule has 12 nitrogen and oxygen atoms in total. The number of anilines is 3. The Balaban J connectivity index is 0.0000102. The molecule has 0 unspecified atom stereocenters. The minimum atomic E-state index is -1.04. The lowest BCUT2D eigenvalue weighted by molar-refractivity contribution is -0.116. The quantitative estimate of drug-likeness (QED) is 0.135. The van der Waals surface area contributed by atoms with E-state index in [4.69, 9.17) is 5.73 Å². The van der Waals surface area contributed by atoms with Crippen molar-refractivity contribution in [3.63, 3.8) is 0 Å². The average molecular weight is 487 g/mol. The van der Waals surface area contributed by atoms with Gasteiger partial charge in [-0.15, -0.1) is 12.4 Å². The molecule has 0 radical (unpaired) electrons. The summed E-state index contributed by atoms with van der Waals surface area (Å²) in [6.45, 7) is 6.82. The Bertz CT molecular complexity index is 937. The molecule has 3 amide bonds. The molecule has 7 N–H and O–H groups in total. The van der Waals surface area contributed by atoms with Gasteiger partial charge in [0.2, 0.25) is 0 Å². The number of rotatable bonds is 11. The summed E-state index contributed by atoms with van der Waals surface area (Å²) in [5, 5.41) is 51.0. The standard InChI is InChI=1S/C20H26N4O8.ClH/c1-4-13(28)22(9-25)16-12(7-8-21)17(23(10-26)14(29)5-2)19(31)20(32)18(16)24(11-27)15(30)6-3;/h4-6,25-27,31-32H,1-3,7-11,21H2;1H. The van der Waals surface area contributed by atoms with Gasteiger partial charge in [0.1, 0.15) is 25.9 Å². The van der Waals surface area contributed by atoms with E-state index >= 15 is 0 Å². The number of phenols is 2. The number of aliphatic hydroxyl groups is 3. The van der Waals surface area contributed by atoms with Crippen molar-refractivity contribution in [2.75, 3.05) is 41.4 Å². The molecule has 1 rings (SSSR count). The second kappa shape index (κ2) is 13.2. The number of aromatic hydroxyl groups is 2. The third-order valence-corrected chi connectivity index (χ3v) is 4.42. The number of phenolic OH excluding ortho intramolecular Hbond substituents is 2. The maximum atomic E-state index is 12.5. The smallest absolute Gasteiger partial charge is 0.252 e. The van der Waals surface area contributed by atoms with E-state index in [1.807, 2.05) is 0 Å². The summed E-state index contributed by atoms with van der Waals surface area (Å²) in [6.07, 6.45) is 2.28. The van der Waals surface area contributed by atoms with Gasteiger partial charge in [-0.3, -0.25) is 29.1 Å². The minimum Gasteiger partial charge on any atom is -0.503 e. The Morgan fingerprint density at radius 3 is 1.39 bits per heavy atom. The number of carbonyl (C=O) groups is 3. The molecule has 0 aliphatic heterocycles. The van der Waals surface area contributed by atoms with Gasteiger partial charge in [-0.2, -0.15) is 0 Å². The van der Waals surface area contributed by atoms with E-state index in [1.165, 1.54) is 0 Å². The van der Waals surface area contributed by atoms with Crippen molar-refractivity contribution >= 4 is 47.2 Å². The molecule has 0 atom stereocenters. The predicted molar refractivity (Wildman–Crippen MR) is 124 cm³/mol. The van der Waals surface area contributed by atoms with Crippen molar-refractivity contribution < 1.29 is 39.9 Å². The van der Waals surface area contributed by atoms with Gasteiger partial charge >= 0.3 is 0 Å². The zero-order valence-corrected chi connectivity index (χ0v) is 18.5. The first kappa shape index (κ1) is 29.6. The summed E-state index contributed by atoms with van der Waals surface area (Å²) >= 11 is 0. The van der Waals surface area contributed by atoms with E-state index in [2.05, 4.69) is 19.7 Å². The van der Waals surface area contributed by atoms with Crippen LogP contribution in [0, 0.1) is 0 Å². The second-order valence-corrected chi connectivity index (χ2v) is 6.10. The van der Waals surface area contributed by atoms with Crippen LogP contribution in [0.5, 0.6) is 11.5 Å². The van der Waals surface area contributed by atoms with Crippen LogP contribution in [0.2, 0.25) is 0 Å². The Morgan fingerprint density at radius 1 is 0.727 bits per heavy atom. The summed E-state index contributed by atoms with van der Waals surface area (Å²) in [5.74, 6) is -4.70. The average Bonchev–Trinajstić information content (AvgIpc) is 2.80. The molecule has 0 saturated carbocycles. The van der Waals surface area contributed by atoms with Gasteiger partial charge < -0.3 is 31.3 Å². The van der Waals surface area contributed by atoms with Gasteiger partial charge in [0.25, 0.3) is 17.7 Å². The number of benzene rings is 1. The van der Waals surface area contributed by atoms with Crippen LogP contribution in [-0.4, -0.2) is 70.0 Å². The first-order chi connectivity index (χ1) is 15.2. The van der Waals surface area contributed by atoms with E-state index in [0.29, 0.717) is 14.7 Å². The van der Waals surface area contributed by atoms with Gasteiger partial charge in [0.05, 0.1) is 11.4 Å². The number of aliphatic hydroxyl groups excluding tert-OH is 3. The van der Waals surface area contributed by atoms with Crippen LogP contribution in [-0.2, 0) is 20.8 Å².